The van der Waals surface area contributed by atoms with Crippen molar-refractivity contribution in [3.63, 3.8) is 0 Å². The van der Waals surface area contributed by atoms with Gasteiger partial charge in [0.05, 0.1) is 12.1 Å². The lowest BCUT2D eigenvalue weighted by Crippen LogP contribution is -2.42. The summed E-state index contributed by atoms with van der Waals surface area (Å²) in [4.78, 5) is 11.9. The van der Waals surface area contributed by atoms with Crippen LogP contribution in [0.1, 0.15) is 45.6 Å². The van der Waals surface area contributed by atoms with Gasteiger partial charge in [-0.2, -0.15) is 0 Å². The molecule has 1 aromatic carbocycles. The second kappa shape index (κ2) is 8.75. The maximum atomic E-state index is 11.9. The van der Waals surface area contributed by atoms with E-state index in [0.29, 0.717) is 18.8 Å². The molecule has 0 bridgehead atoms. The fourth-order valence-electron chi connectivity index (χ4n) is 2.35. The maximum absolute atomic E-state index is 11.9. The molecule has 20 heavy (non-hydrogen) atoms. The monoisotopic (exact) mass is 277 g/mol. The molecule has 3 nitrogen and oxygen atoms in total. The average molecular weight is 277 g/mol. The summed E-state index contributed by atoms with van der Waals surface area (Å²) in [6.07, 6.45) is 2.71. The van der Waals surface area contributed by atoms with Crippen LogP contribution in [0.5, 0.6) is 0 Å². The topological polar surface area (TPSA) is 49.3 Å². The van der Waals surface area contributed by atoms with Crippen molar-refractivity contribution in [1.82, 2.24) is 5.32 Å². The Hall–Kier alpha value is -1.35. The lowest BCUT2D eigenvalue weighted by molar-refractivity contribution is -0.123. The van der Waals surface area contributed by atoms with Gasteiger partial charge in [0.15, 0.2) is 0 Å². The Morgan fingerprint density at radius 2 is 1.90 bits per heavy atom. The third kappa shape index (κ3) is 6.20. The first-order valence-electron chi connectivity index (χ1n) is 7.54. The normalized spacial score (nSPS) is 15.4. The number of benzene rings is 1. The average Bonchev–Trinajstić information content (AvgIpc) is 2.39. The fourth-order valence-corrected chi connectivity index (χ4v) is 2.35. The summed E-state index contributed by atoms with van der Waals surface area (Å²) in [6, 6.07) is 9.62. The fraction of sp³-hybridized carbons (Fsp3) is 0.588. The molecular weight excluding hydrogens is 250 g/mol. The van der Waals surface area contributed by atoms with Crippen LogP contribution in [0.4, 0.5) is 0 Å². The number of aliphatic hydroxyl groups excluding tert-OH is 1. The van der Waals surface area contributed by atoms with E-state index < -0.39 is 6.10 Å². The van der Waals surface area contributed by atoms with Crippen LogP contribution in [0.3, 0.4) is 0 Å². The highest BCUT2D eigenvalue weighted by Gasteiger charge is 2.18. The number of rotatable bonds is 8. The van der Waals surface area contributed by atoms with E-state index in [1.54, 1.807) is 0 Å². The van der Waals surface area contributed by atoms with Crippen LogP contribution in [-0.4, -0.2) is 23.2 Å². The van der Waals surface area contributed by atoms with Crippen molar-refractivity contribution in [2.24, 2.45) is 5.92 Å². The predicted molar refractivity (Wildman–Crippen MR) is 82.4 cm³/mol. The summed E-state index contributed by atoms with van der Waals surface area (Å²) in [7, 11) is 0. The number of hydrogen-bond acceptors (Lipinski definition) is 2. The van der Waals surface area contributed by atoms with E-state index in [0.717, 1.165) is 18.4 Å². The first kappa shape index (κ1) is 16.7. The van der Waals surface area contributed by atoms with Gasteiger partial charge in [0.25, 0.3) is 0 Å². The largest absolute Gasteiger partial charge is 0.391 e. The summed E-state index contributed by atoms with van der Waals surface area (Å²) in [6.45, 7) is 6.07. The Balaban J connectivity index is 2.37. The Morgan fingerprint density at radius 1 is 1.25 bits per heavy atom. The summed E-state index contributed by atoms with van der Waals surface area (Å²) < 4.78 is 0. The highest BCUT2D eigenvalue weighted by Crippen LogP contribution is 2.10. The Kier molecular flexibility index (Phi) is 7.31. The van der Waals surface area contributed by atoms with Gasteiger partial charge in [0, 0.05) is 12.8 Å². The highest BCUT2D eigenvalue weighted by atomic mass is 16.3. The van der Waals surface area contributed by atoms with Crippen molar-refractivity contribution in [3.05, 3.63) is 35.9 Å². The molecular formula is C17H27NO2. The van der Waals surface area contributed by atoms with E-state index in [4.69, 9.17) is 0 Å². The van der Waals surface area contributed by atoms with Gasteiger partial charge in [0.1, 0.15) is 0 Å². The first-order valence-corrected chi connectivity index (χ1v) is 7.54. The van der Waals surface area contributed by atoms with Crippen LogP contribution in [0.25, 0.3) is 0 Å². The molecule has 0 radical (unpaired) electrons. The summed E-state index contributed by atoms with van der Waals surface area (Å²) in [5.74, 6) is 0.434. The second-order valence-electron chi connectivity index (χ2n) is 5.71. The molecule has 1 rings (SSSR count). The molecule has 0 aliphatic carbocycles. The Labute approximate surface area is 122 Å². The van der Waals surface area contributed by atoms with Gasteiger partial charge in [-0.05, 0) is 18.4 Å². The molecule has 0 aromatic heterocycles. The molecule has 3 unspecified atom stereocenters. The standard InChI is InChI=1S/C17H27NO2/c1-4-8-13(2)11-17(20)18-14(3)16(19)12-15-9-6-5-7-10-15/h5-7,9-10,13-14,16,19H,4,8,11-12H2,1-3H3,(H,18,20). The number of aliphatic hydroxyl groups is 1. The quantitative estimate of drug-likeness (QED) is 0.767. The zero-order valence-corrected chi connectivity index (χ0v) is 12.8. The molecule has 1 aromatic rings. The van der Waals surface area contributed by atoms with Crippen molar-refractivity contribution >= 4 is 5.91 Å². The molecule has 3 atom stereocenters. The highest BCUT2D eigenvalue weighted by molar-refractivity contribution is 5.76. The van der Waals surface area contributed by atoms with E-state index in [2.05, 4.69) is 19.2 Å². The minimum atomic E-state index is -0.553. The van der Waals surface area contributed by atoms with Gasteiger partial charge >= 0.3 is 0 Å². The minimum Gasteiger partial charge on any atom is -0.391 e. The van der Waals surface area contributed by atoms with E-state index >= 15 is 0 Å². The summed E-state index contributed by atoms with van der Waals surface area (Å²) >= 11 is 0. The van der Waals surface area contributed by atoms with Gasteiger partial charge in [0.2, 0.25) is 5.91 Å². The predicted octanol–water partition coefficient (Wildman–Crippen LogP) is 2.92. The molecule has 0 aliphatic rings. The minimum absolute atomic E-state index is 0.0329. The molecule has 0 spiro atoms. The summed E-state index contributed by atoms with van der Waals surface area (Å²) in [5.41, 5.74) is 1.08. The third-order valence-electron chi connectivity index (χ3n) is 3.57. The third-order valence-corrected chi connectivity index (χ3v) is 3.57. The van der Waals surface area contributed by atoms with Crippen LogP contribution in [0.2, 0.25) is 0 Å². The molecule has 0 saturated heterocycles. The first-order chi connectivity index (χ1) is 9.52. The number of nitrogens with one attached hydrogen (secondary N) is 1. The SMILES string of the molecule is CCCC(C)CC(=O)NC(C)C(O)Cc1ccccc1. The zero-order chi connectivity index (χ0) is 15.0. The number of amides is 1. The van der Waals surface area contributed by atoms with Crippen molar-refractivity contribution in [1.29, 1.82) is 0 Å². The van der Waals surface area contributed by atoms with Crippen LogP contribution >= 0.6 is 0 Å². The molecule has 2 N–H and O–H groups in total. The molecule has 3 heteroatoms. The maximum Gasteiger partial charge on any atom is 0.220 e. The van der Waals surface area contributed by atoms with Crippen molar-refractivity contribution in [2.45, 2.75) is 58.6 Å². The summed E-state index contributed by atoms with van der Waals surface area (Å²) in [5, 5.41) is 13.0. The van der Waals surface area contributed by atoms with Gasteiger partial charge in [-0.15, -0.1) is 0 Å². The van der Waals surface area contributed by atoms with Crippen molar-refractivity contribution in [2.75, 3.05) is 0 Å². The van der Waals surface area contributed by atoms with Crippen LogP contribution in [0.15, 0.2) is 30.3 Å². The van der Waals surface area contributed by atoms with Crippen molar-refractivity contribution < 1.29 is 9.90 Å². The molecule has 112 valence electrons. The molecule has 0 aliphatic heterocycles. The zero-order valence-electron chi connectivity index (χ0n) is 12.8. The number of carbonyl (C=O) groups excluding carboxylic acids is 1. The molecule has 0 saturated carbocycles. The van der Waals surface area contributed by atoms with Gasteiger partial charge in [-0.3, -0.25) is 4.79 Å². The van der Waals surface area contributed by atoms with Crippen LogP contribution in [-0.2, 0) is 11.2 Å². The van der Waals surface area contributed by atoms with E-state index in [9.17, 15) is 9.90 Å². The van der Waals surface area contributed by atoms with Gasteiger partial charge in [-0.25, -0.2) is 0 Å². The van der Waals surface area contributed by atoms with Crippen LogP contribution < -0.4 is 5.32 Å². The van der Waals surface area contributed by atoms with Gasteiger partial charge < -0.3 is 10.4 Å². The van der Waals surface area contributed by atoms with Crippen molar-refractivity contribution in [3.8, 4) is 0 Å². The van der Waals surface area contributed by atoms with Crippen LogP contribution in [0, 0.1) is 5.92 Å². The molecule has 0 heterocycles. The lowest BCUT2D eigenvalue weighted by Gasteiger charge is -2.21. The smallest absolute Gasteiger partial charge is 0.220 e. The molecule has 0 fully saturated rings. The number of hydrogen-bond donors (Lipinski definition) is 2. The Bertz CT molecular complexity index is 391. The van der Waals surface area contributed by atoms with E-state index in [-0.39, 0.29) is 11.9 Å². The van der Waals surface area contributed by atoms with Gasteiger partial charge in [-0.1, -0.05) is 57.0 Å². The number of carbonyl (C=O) groups is 1. The van der Waals surface area contributed by atoms with E-state index in [1.165, 1.54) is 0 Å². The second-order valence-corrected chi connectivity index (χ2v) is 5.71. The Morgan fingerprint density at radius 3 is 2.50 bits per heavy atom. The molecule has 1 amide bonds. The van der Waals surface area contributed by atoms with E-state index in [1.807, 2.05) is 37.3 Å². The lowest BCUT2D eigenvalue weighted by atomic mass is 10.0.